The molecule has 1 heteroatoms. The van der Waals surface area contributed by atoms with Crippen LogP contribution in [-0.2, 0) is 25.7 Å². The summed E-state index contributed by atoms with van der Waals surface area (Å²) in [7, 11) is 0. The Kier molecular flexibility index (Phi) is 7.33. The van der Waals surface area contributed by atoms with Crippen molar-refractivity contribution in [1.82, 2.24) is 0 Å². The highest BCUT2D eigenvalue weighted by molar-refractivity contribution is 5.76. The summed E-state index contributed by atoms with van der Waals surface area (Å²) in [6, 6.07) is 33.9. The van der Waals surface area contributed by atoms with Gasteiger partial charge in [-0.2, -0.15) is 0 Å². The highest BCUT2D eigenvalue weighted by Crippen LogP contribution is 2.35. The van der Waals surface area contributed by atoms with Gasteiger partial charge in [0.15, 0.2) is 0 Å². The number of nitrogens with zero attached hydrogens (tertiary/aromatic N) is 1. The third-order valence-corrected chi connectivity index (χ3v) is 7.37. The van der Waals surface area contributed by atoms with Gasteiger partial charge >= 0.3 is 0 Å². The quantitative estimate of drug-likeness (QED) is 0.214. The van der Waals surface area contributed by atoms with Gasteiger partial charge in [-0.1, -0.05) is 78.6 Å². The largest absolute Gasteiger partial charge is 0.310 e. The SMILES string of the molecule is Cc1ccc(N(c2ccc(C)cc2)c2cccc(CCCCCCc3ccc4c(c3)CC4)c2)cc1. The molecule has 5 rings (SSSR count). The van der Waals surface area contributed by atoms with Crippen molar-refractivity contribution in [3.8, 4) is 0 Å². The molecule has 0 saturated carbocycles. The summed E-state index contributed by atoms with van der Waals surface area (Å²) in [6.07, 6.45) is 10.1. The lowest BCUT2D eigenvalue weighted by molar-refractivity contribution is 0.639. The number of hydrogen-bond acceptors (Lipinski definition) is 1. The van der Waals surface area contributed by atoms with Crippen molar-refractivity contribution in [2.75, 3.05) is 4.90 Å². The molecule has 1 aliphatic rings. The number of anilines is 3. The zero-order valence-electron chi connectivity index (χ0n) is 21.3. The first-order valence-electron chi connectivity index (χ1n) is 13.3. The van der Waals surface area contributed by atoms with Crippen molar-refractivity contribution >= 4 is 17.1 Å². The van der Waals surface area contributed by atoms with Gasteiger partial charge in [-0.15, -0.1) is 0 Å². The van der Waals surface area contributed by atoms with Crippen LogP contribution in [-0.4, -0.2) is 0 Å². The van der Waals surface area contributed by atoms with Crippen LogP contribution in [0.3, 0.4) is 0 Å². The van der Waals surface area contributed by atoms with Gasteiger partial charge < -0.3 is 4.90 Å². The topological polar surface area (TPSA) is 3.24 Å². The van der Waals surface area contributed by atoms with E-state index in [9.17, 15) is 0 Å². The summed E-state index contributed by atoms with van der Waals surface area (Å²) in [5, 5.41) is 0. The summed E-state index contributed by atoms with van der Waals surface area (Å²) in [4.78, 5) is 2.37. The zero-order chi connectivity index (χ0) is 24.0. The first kappa shape index (κ1) is 23.4. The molecule has 0 unspecified atom stereocenters. The predicted octanol–water partition coefficient (Wildman–Crippen LogP) is 9.22. The Labute approximate surface area is 211 Å². The van der Waals surface area contributed by atoms with Crippen LogP contribution in [0.4, 0.5) is 17.1 Å². The summed E-state index contributed by atoms with van der Waals surface area (Å²) in [6.45, 7) is 4.29. The molecule has 0 aliphatic heterocycles. The fourth-order valence-corrected chi connectivity index (χ4v) is 5.10. The molecule has 0 radical (unpaired) electrons. The third-order valence-electron chi connectivity index (χ3n) is 7.37. The summed E-state index contributed by atoms with van der Waals surface area (Å²) in [5.74, 6) is 0. The van der Waals surface area contributed by atoms with Crippen LogP contribution in [0.1, 0.15) is 59.1 Å². The van der Waals surface area contributed by atoms with E-state index in [2.05, 4.69) is 110 Å². The second kappa shape index (κ2) is 11.0. The van der Waals surface area contributed by atoms with Crippen LogP contribution in [0, 0.1) is 13.8 Å². The fourth-order valence-electron chi connectivity index (χ4n) is 5.10. The molecule has 0 fully saturated rings. The van der Waals surface area contributed by atoms with Crippen molar-refractivity contribution in [2.24, 2.45) is 0 Å². The molecule has 0 aromatic heterocycles. The number of aryl methyl sites for hydroxylation is 6. The summed E-state index contributed by atoms with van der Waals surface area (Å²) < 4.78 is 0. The zero-order valence-corrected chi connectivity index (χ0v) is 21.3. The van der Waals surface area contributed by atoms with Crippen molar-refractivity contribution < 1.29 is 0 Å². The molecule has 1 aliphatic carbocycles. The Morgan fingerprint density at radius 3 is 1.63 bits per heavy atom. The Morgan fingerprint density at radius 1 is 0.514 bits per heavy atom. The van der Waals surface area contributed by atoms with Gasteiger partial charge in [-0.3, -0.25) is 0 Å². The van der Waals surface area contributed by atoms with E-state index in [1.165, 1.54) is 84.3 Å². The predicted molar refractivity (Wildman–Crippen MR) is 150 cm³/mol. The number of rotatable bonds is 10. The molecular formula is C34H37N. The van der Waals surface area contributed by atoms with Crippen molar-refractivity contribution in [1.29, 1.82) is 0 Å². The first-order valence-corrected chi connectivity index (χ1v) is 13.3. The van der Waals surface area contributed by atoms with Crippen LogP contribution in [0.15, 0.2) is 91.0 Å². The highest BCUT2D eigenvalue weighted by Gasteiger charge is 2.13. The van der Waals surface area contributed by atoms with Gasteiger partial charge in [0.05, 0.1) is 0 Å². The lowest BCUT2D eigenvalue weighted by Gasteiger charge is -2.26. The minimum absolute atomic E-state index is 1.14. The Balaban J connectivity index is 1.20. The lowest BCUT2D eigenvalue weighted by Crippen LogP contribution is -2.10. The molecule has 4 aromatic carbocycles. The maximum Gasteiger partial charge on any atom is 0.0464 e. The molecule has 0 N–H and O–H groups in total. The molecule has 1 nitrogen and oxygen atoms in total. The van der Waals surface area contributed by atoms with Crippen LogP contribution in [0.25, 0.3) is 0 Å². The maximum absolute atomic E-state index is 2.44. The molecule has 0 amide bonds. The van der Waals surface area contributed by atoms with E-state index in [4.69, 9.17) is 0 Å². The molecule has 0 atom stereocenters. The Morgan fingerprint density at radius 2 is 1.09 bits per heavy atom. The van der Waals surface area contributed by atoms with Crippen LogP contribution >= 0.6 is 0 Å². The van der Waals surface area contributed by atoms with E-state index in [0.717, 1.165) is 6.42 Å². The number of hydrogen-bond donors (Lipinski definition) is 0. The average Bonchev–Trinajstić information content (AvgIpc) is 2.85. The second-order valence-corrected chi connectivity index (χ2v) is 10.2. The molecular weight excluding hydrogens is 422 g/mol. The molecule has 0 bridgehead atoms. The monoisotopic (exact) mass is 459 g/mol. The lowest BCUT2D eigenvalue weighted by atomic mass is 9.86. The fraction of sp³-hybridized carbons (Fsp3) is 0.294. The molecule has 35 heavy (non-hydrogen) atoms. The van der Waals surface area contributed by atoms with Crippen molar-refractivity contribution in [3.63, 3.8) is 0 Å². The molecule has 178 valence electrons. The molecule has 0 heterocycles. The van der Waals surface area contributed by atoms with E-state index < -0.39 is 0 Å². The van der Waals surface area contributed by atoms with Crippen molar-refractivity contribution in [2.45, 2.75) is 65.2 Å². The van der Waals surface area contributed by atoms with E-state index in [1.54, 1.807) is 11.1 Å². The van der Waals surface area contributed by atoms with Crippen LogP contribution < -0.4 is 4.90 Å². The third kappa shape index (κ3) is 5.85. The summed E-state index contributed by atoms with van der Waals surface area (Å²) in [5.41, 5.74) is 12.3. The van der Waals surface area contributed by atoms with Crippen LogP contribution in [0.2, 0.25) is 0 Å². The van der Waals surface area contributed by atoms with E-state index >= 15 is 0 Å². The molecule has 0 spiro atoms. The Hall–Kier alpha value is -3.32. The van der Waals surface area contributed by atoms with Gasteiger partial charge in [0.2, 0.25) is 0 Å². The minimum Gasteiger partial charge on any atom is -0.310 e. The smallest absolute Gasteiger partial charge is 0.0464 e. The minimum atomic E-state index is 1.14. The Bertz CT molecular complexity index is 1210. The number of unbranched alkanes of at least 4 members (excludes halogenated alkanes) is 3. The van der Waals surface area contributed by atoms with Gasteiger partial charge in [-0.05, 0) is 111 Å². The number of benzene rings is 4. The molecule has 4 aromatic rings. The highest BCUT2D eigenvalue weighted by atomic mass is 15.1. The van der Waals surface area contributed by atoms with Gasteiger partial charge in [-0.25, -0.2) is 0 Å². The van der Waals surface area contributed by atoms with Crippen molar-refractivity contribution in [3.05, 3.63) is 124 Å². The maximum atomic E-state index is 2.44. The average molecular weight is 460 g/mol. The van der Waals surface area contributed by atoms with E-state index in [0.29, 0.717) is 0 Å². The molecule has 0 saturated heterocycles. The summed E-state index contributed by atoms with van der Waals surface area (Å²) >= 11 is 0. The van der Waals surface area contributed by atoms with E-state index in [1.807, 2.05) is 0 Å². The van der Waals surface area contributed by atoms with Gasteiger partial charge in [0.25, 0.3) is 0 Å². The standard InChI is InChI=1S/C34H37N/c1-26-12-20-32(21-13-26)35(33-22-14-27(2)15-23-33)34-11-7-10-28(25-34)8-5-3-4-6-9-29-16-17-30-18-19-31(30)24-29/h7,10-17,20-25H,3-6,8-9,18-19H2,1-2H3. The van der Waals surface area contributed by atoms with Crippen LogP contribution in [0.5, 0.6) is 0 Å². The number of fused-ring (bicyclic) bond motifs is 1. The van der Waals surface area contributed by atoms with Gasteiger partial charge in [0, 0.05) is 17.1 Å². The first-order chi connectivity index (χ1) is 17.2. The van der Waals surface area contributed by atoms with E-state index in [-0.39, 0.29) is 0 Å². The van der Waals surface area contributed by atoms with Gasteiger partial charge in [0.1, 0.15) is 0 Å². The second-order valence-electron chi connectivity index (χ2n) is 10.2. The normalized spacial score (nSPS) is 12.2.